The Balaban J connectivity index is 0.00000176. The molecule has 4 heteroatoms. The van der Waals surface area contributed by atoms with E-state index in [0.717, 1.165) is 26.1 Å². The first kappa shape index (κ1) is 16.8. The van der Waals surface area contributed by atoms with Gasteiger partial charge in [-0.15, -0.1) is 12.4 Å². The van der Waals surface area contributed by atoms with Crippen LogP contribution in [-0.2, 0) is 30.9 Å². The van der Waals surface area contributed by atoms with Crippen molar-refractivity contribution in [2.75, 3.05) is 19.0 Å². The molecule has 0 saturated heterocycles. The predicted octanol–water partition coefficient (Wildman–Crippen LogP) is 3.51. The molecule has 0 aromatic heterocycles. The second kappa shape index (κ2) is 8.18. The third-order valence-corrected chi connectivity index (χ3v) is 3.88. The van der Waals surface area contributed by atoms with Crippen LogP contribution in [0.3, 0.4) is 0 Å². The first-order chi connectivity index (χ1) is 10.4. The summed E-state index contributed by atoms with van der Waals surface area (Å²) < 4.78 is 5.18. The molecule has 3 rings (SSSR count). The van der Waals surface area contributed by atoms with Crippen LogP contribution >= 0.6 is 12.4 Å². The summed E-state index contributed by atoms with van der Waals surface area (Å²) in [7, 11) is 1.73. The highest BCUT2D eigenvalue weighted by molar-refractivity contribution is 5.85. The van der Waals surface area contributed by atoms with Gasteiger partial charge in [-0.05, 0) is 28.7 Å². The molecule has 0 bridgehead atoms. The van der Waals surface area contributed by atoms with E-state index in [0.29, 0.717) is 6.61 Å². The molecule has 1 aliphatic rings. The molecule has 0 fully saturated rings. The Kier molecular flexibility index (Phi) is 6.25. The number of rotatable bonds is 6. The first-order valence-corrected chi connectivity index (χ1v) is 7.49. The lowest BCUT2D eigenvalue weighted by Crippen LogP contribution is -2.14. The third kappa shape index (κ3) is 4.01. The molecular formula is C18H23ClN2O. The molecule has 3 nitrogen and oxygen atoms in total. The molecule has 0 saturated carbocycles. The van der Waals surface area contributed by atoms with Crippen molar-refractivity contribution in [3.05, 3.63) is 64.7 Å². The summed E-state index contributed by atoms with van der Waals surface area (Å²) in [6, 6.07) is 15.1. The van der Waals surface area contributed by atoms with Gasteiger partial charge in [-0.2, -0.15) is 0 Å². The maximum absolute atomic E-state index is 5.18. The summed E-state index contributed by atoms with van der Waals surface area (Å²) >= 11 is 0. The minimum atomic E-state index is 0. The largest absolute Gasteiger partial charge is 0.384 e. The normalized spacial score (nSPS) is 12.4. The highest BCUT2D eigenvalue weighted by Crippen LogP contribution is 2.26. The van der Waals surface area contributed by atoms with Crippen LogP contribution in [0.25, 0.3) is 0 Å². The number of para-hydroxylation sites is 1. The van der Waals surface area contributed by atoms with Crippen molar-refractivity contribution in [3.8, 4) is 0 Å². The number of halogens is 1. The van der Waals surface area contributed by atoms with E-state index in [1.165, 1.54) is 27.9 Å². The molecule has 2 N–H and O–H groups in total. The van der Waals surface area contributed by atoms with Gasteiger partial charge in [0.1, 0.15) is 0 Å². The third-order valence-electron chi connectivity index (χ3n) is 3.88. The van der Waals surface area contributed by atoms with Crippen molar-refractivity contribution in [1.82, 2.24) is 5.32 Å². The number of ether oxygens (including phenoxy) is 1. The fourth-order valence-corrected chi connectivity index (χ4v) is 2.90. The van der Waals surface area contributed by atoms with Crippen molar-refractivity contribution in [2.24, 2.45) is 0 Å². The summed E-state index contributed by atoms with van der Waals surface area (Å²) in [6.45, 7) is 3.50. The fourth-order valence-electron chi connectivity index (χ4n) is 2.90. The van der Waals surface area contributed by atoms with Crippen LogP contribution in [0.1, 0.15) is 22.3 Å². The minimum absolute atomic E-state index is 0. The van der Waals surface area contributed by atoms with Gasteiger partial charge < -0.3 is 15.4 Å². The van der Waals surface area contributed by atoms with Gasteiger partial charge in [-0.25, -0.2) is 0 Å². The molecule has 0 radical (unpaired) electrons. The van der Waals surface area contributed by atoms with E-state index >= 15 is 0 Å². The van der Waals surface area contributed by atoms with Crippen molar-refractivity contribution in [3.63, 3.8) is 0 Å². The topological polar surface area (TPSA) is 33.3 Å². The highest BCUT2D eigenvalue weighted by atomic mass is 35.5. The van der Waals surface area contributed by atoms with Gasteiger partial charge in [-0.3, -0.25) is 0 Å². The number of nitrogens with one attached hydrogen (secondary N) is 2. The second-order valence-electron chi connectivity index (χ2n) is 5.48. The number of methoxy groups -OCH3 is 1. The number of hydrogen-bond acceptors (Lipinski definition) is 3. The zero-order chi connectivity index (χ0) is 14.5. The molecule has 2 aromatic rings. The van der Waals surface area contributed by atoms with Gasteiger partial charge in [0.2, 0.25) is 0 Å². The van der Waals surface area contributed by atoms with E-state index in [2.05, 4.69) is 53.1 Å². The van der Waals surface area contributed by atoms with Gasteiger partial charge in [0.25, 0.3) is 0 Å². The zero-order valence-corrected chi connectivity index (χ0v) is 13.7. The lowest BCUT2D eigenvalue weighted by atomic mass is 10.1. The molecule has 0 unspecified atom stereocenters. The van der Waals surface area contributed by atoms with Gasteiger partial charge in [0, 0.05) is 32.4 Å². The molecule has 1 heterocycles. The summed E-state index contributed by atoms with van der Waals surface area (Å²) in [5, 5.41) is 7.02. The molecule has 22 heavy (non-hydrogen) atoms. The Morgan fingerprint density at radius 3 is 2.77 bits per heavy atom. The van der Waals surface area contributed by atoms with E-state index in [-0.39, 0.29) is 12.4 Å². The molecule has 1 aliphatic heterocycles. The average molecular weight is 319 g/mol. The van der Waals surface area contributed by atoms with Crippen molar-refractivity contribution >= 4 is 18.1 Å². The van der Waals surface area contributed by atoms with E-state index in [1.807, 2.05) is 0 Å². The van der Waals surface area contributed by atoms with Crippen LogP contribution in [0.5, 0.6) is 0 Å². The molecule has 0 aliphatic carbocycles. The van der Waals surface area contributed by atoms with Gasteiger partial charge in [0.15, 0.2) is 0 Å². The maximum Gasteiger partial charge on any atom is 0.0713 e. The first-order valence-electron chi connectivity index (χ1n) is 7.49. The predicted molar refractivity (Wildman–Crippen MR) is 93.6 cm³/mol. The van der Waals surface area contributed by atoms with Crippen LogP contribution < -0.4 is 10.6 Å². The zero-order valence-electron chi connectivity index (χ0n) is 12.9. The van der Waals surface area contributed by atoms with Crippen molar-refractivity contribution in [2.45, 2.75) is 26.1 Å². The lowest BCUT2D eigenvalue weighted by Gasteiger charge is -2.11. The van der Waals surface area contributed by atoms with Crippen LogP contribution in [0.15, 0.2) is 42.5 Å². The Hall–Kier alpha value is -1.55. The SMILES string of the molecule is COCc1cccc(CNCc2cccc3c2NCC3)c1.Cl. The van der Waals surface area contributed by atoms with Crippen LogP contribution in [0, 0.1) is 0 Å². The van der Waals surface area contributed by atoms with E-state index < -0.39 is 0 Å². The Morgan fingerprint density at radius 1 is 1.09 bits per heavy atom. The average Bonchev–Trinajstić information content (AvgIpc) is 2.97. The molecular weight excluding hydrogens is 296 g/mol. The van der Waals surface area contributed by atoms with Crippen molar-refractivity contribution in [1.29, 1.82) is 0 Å². The smallest absolute Gasteiger partial charge is 0.0713 e. The summed E-state index contributed by atoms with van der Waals surface area (Å²) in [6.07, 6.45) is 1.14. The summed E-state index contributed by atoms with van der Waals surface area (Å²) in [5.41, 5.74) is 6.65. The highest BCUT2D eigenvalue weighted by Gasteiger charge is 2.12. The fraction of sp³-hybridized carbons (Fsp3) is 0.333. The quantitative estimate of drug-likeness (QED) is 0.855. The molecule has 0 atom stereocenters. The van der Waals surface area contributed by atoms with Crippen LogP contribution in [0.4, 0.5) is 5.69 Å². The molecule has 0 amide bonds. The minimum Gasteiger partial charge on any atom is -0.384 e. The molecule has 0 spiro atoms. The van der Waals surface area contributed by atoms with Crippen molar-refractivity contribution < 1.29 is 4.74 Å². The maximum atomic E-state index is 5.18. The van der Waals surface area contributed by atoms with E-state index in [4.69, 9.17) is 4.74 Å². The number of fused-ring (bicyclic) bond motifs is 1. The molecule has 2 aromatic carbocycles. The summed E-state index contributed by atoms with van der Waals surface area (Å²) in [4.78, 5) is 0. The Bertz CT molecular complexity index is 616. The van der Waals surface area contributed by atoms with Gasteiger partial charge in [0.05, 0.1) is 6.61 Å². The lowest BCUT2D eigenvalue weighted by molar-refractivity contribution is 0.185. The Morgan fingerprint density at radius 2 is 1.91 bits per heavy atom. The molecule has 118 valence electrons. The van der Waals surface area contributed by atoms with Crippen LogP contribution in [0.2, 0.25) is 0 Å². The number of benzene rings is 2. The monoisotopic (exact) mass is 318 g/mol. The van der Waals surface area contributed by atoms with E-state index in [9.17, 15) is 0 Å². The summed E-state index contributed by atoms with van der Waals surface area (Å²) in [5.74, 6) is 0. The van der Waals surface area contributed by atoms with Gasteiger partial charge >= 0.3 is 0 Å². The van der Waals surface area contributed by atoms with Crippen LogP contribution in [-0.4, -0.2) is 13.7 Å². The van der Waals surface area contributed by atoms with E-state index in [1.54, 1.807) is 7.11 Å². The van der Waals surface area contributed by atoms with Gasteiger partial charge in [-0.1, -0.05) is 42.5 Å². The number of hydrogen-bond donors (Lipinski definition) is 2. The Labute approximate surface area is 138 Å². The number of anilines is 1. The second-order valence-corrected chi connectivity index (χ2v) is 5.48. The standard InChI is InChI=1S/C18H22N2O.ClH/c1-21-13-15-5-2-4-14(10-15)11-19-12-17-7-3-6-16-8-9-20-18(16)17;/h2-7,10,19-20H,8-9,11-13H2,1H3;1H.